The fourth-order valence-corrected chi connectivity index (χ4v) is 4.26. The highest BCUT2D eigenvalue weighted by Crippen LogP contribution is 2.43. The average molecular weight is 486 g/mol. The van der Waals surface area contributed by atoms with Crippen molar-refractivity contribution in [2.24, 2.45) is 0 Å². The van der Waals surface area contributed by atoms with Gasteiger partial charge in [0.2, 0.25) is 0 Å². The molecule has 0 bridgehead atoms. The van der Waals surface area contributed by atoms with E-state index in [1.165, 1.54) is 11.8 Å². The smallest absolute Gasteiger partial charge is 0.308 e. The minimum absolute atomic E-state index is 0.0631. The van der Waals surface area contributed by atoms with Crippen molar-refractivity contribution < 1.29 is 29.0 Å². The van der Waals surface area contributed by atoms with Crippen LogP contribution in [0.25, 0.3) is 5.76 Å². The molecule has 0 aliphatic carbocycles. The van der Waals surface area contributed by atoms with Gasteiger partial charge in [-0.05, 0) is 73.9 Å². The van der Waals surface area contributed by atoms with Crippen molar-refractivity contribution in [3.8, 4) is 11.5 Å². The van der Waals surface area contributed by atoms with E-state index in [0.717, 1.165) is 11.1 Å². The zero-order valence-electron chi connectivity index (χ0n) is 20.6. The predicted octanol–water partition coefficient (Wildman–Crippen LogP) is 5.25. The summed E-state index contributed by atoms with van der Waals surface area (Å²) in [5.74, 6) is -1.59. The lowest BCUT2D eigenvalue weighted by Crippen LogP contribution is -2.29. The number of Topliss-reactive ketones (excluding diaryl/α,β-unsaturated/α-hetero) is 1. The largest absolute Gasteiger partial charge is 0.507 e. The molecule has 184 valence electrons. The van der Waals surface area contributed by atoms with Gasteiger partial charge in [-0.3, -0.25) is 19.3 Å². The van der Waals surface area contributed by atoms with Gasteiger partial charge in [-0.2, -0.15) is 0 Å². The maximum absolute atomic E-state index is 13.4. The minimum Gasteiger partial charge on any atom is -0.507 e. The number of benzene rings is 3. The van der Waals surface area contributed by atoms with Gasteiger partial charge in [0.15, 0.2) is 0 Å². The second-order valence-corrected chi connectivity index (χ2v) is 8.56. The van der Waals surface area contributed by atoms with Gasteiger partial charge in [-0.1, -0.05) is 30.3 Å². The molecule has 0 radical (unpaired) electrons. The molecule has 1 aliphatic heterocycles. The Morgan fingerprint density at radius 3 is 2.36 bits per heavy atom. The molecule has 1 aliphatic rings. The third-order valence-electron chi connectivity index (χ3n) is 6.07. The summed E-state index contributed by atoms with van der Waals surface area (Å²) >= 11 is 0. The zero-order chi connectivity index (χ0) is 26.0. The van der Waals surface area contributed by atoms with Crippen LogP contribution < -0.4 is 14.4 Å². The van der Waals surface area contributed by atoms with Gasteiger partial charge < -0.3 is 14.6 Å². The van der Waals surface area contributed by atoms with Crippen molar-refractivity contribution in [3.05, 3.63) is 94.6 Å². The van der Waals surface area contributed by atoms with E-state index in [2.05, 4.69) is 0 Å². The Morgan fingerprint density at radius 1 is 0.944 bits per heavy atom. The van der Waals surface area contributed by atoms with Crippen LogP contribution in [-0.4, -0.2) is 29.4 Å². The molecule has 1 saturated heterocycles. The van der Waals surface area contributed by atoms with Gasteiger partial charge in [0.25, 0.3) is 11.7 Å². The SMILES string of the molecule is CCOc1cccc(/C(O)=C2\C(=O)C(=O)N(c3ccc(C)c(C)c3)C2c2cccc(OC(C)=O)c2)c1. The van der Waals surface area contributed by atoms with Crippen molar-refractivity contribution in [3.63, 3.8) is 0 Å². The number of anilines is 1. The molecule has 1 fully saturated rings. The third-order valence-corrected chi connectivity index (χ3v) is 6.07. The molecule has 4 rings (SSSR count). The lowest BCUT2D eigenvalue weighted by atomic mass is 9.94. The average Bonchev–Trinajstić information content (AvgIpc) is 3.11. The van der Waals surface area contributed by atoms with Crippen LogP contribution in [0, 0.1) is 13.8 Å². The summed E-state index contributed by atoms with van der Waals surface area (Å²) in [6.45, 7) is 7.45. The van der Waals surface area contributed by atoms with Crippen molar-refractivity contribution >= 4 is 29.1 Å². The first-order valence-corrected chi connectivity index (χ1v) is 11.6. The molecule has 0 spiro atoms. The van der Waals surface area contributed by atoms with Crippen LogP contribution in [0.5, 0.6) is 11.5 Å². The van der Waals surface area contributed by atoms with Gasteiger partial charge >= 0.3 is 5.97 Å². The van der Waals surface area contributed by atoms with Crippen molar-refractivity contribution in [1.29, 1.82) is 0 Å². The maximum atomic E-state index is 13.4. The normalized spacial score (nSPS) is 16.8. The highest BCUT2D eigenvalue weighted by Gasteiger charge is 2.47. The molecular weight excluding hydrogens is 458 g/mol. The second-order valence-electron chi connectivity index (χ2n) is 8.56. The lowest BCUT2D eigenvalue weighted by Gasteiger charge is -2.26. The van der Waals surface area contributed by atoms with Gasteiger partial charge in [0.1, 0.15) is 17.3 Å². The number of aliphatic hydroxyl groups excluding tert-OH is 1. The summed E-state index contributed by atoms with van der Waals surface area (Å²) in [7, 11) is 0. The summed E-state index contributed by atoms with van der Waals surface area (Å²) in [6, 6.07) is 17.8. The Labute approximate surface area is 209 Å². The highest BCUT2D eigenvalue weighted by molar-refractivity contribution is 6.51. The summed E-state index contributed by atoms with van der Waals surface area (Å²) in [5, 5.41) is 11.3. The molecule has 36 heavy (non-hydrogen) atoms. The fraction of sp³-hybridized carbons (Fsp3) is 0.207. The van der Waals surface area contributed by atoms with E-state index in [1.54, 1.807) is 54.6 Å². The van der Waals surface area contributed by atoms with Gasteiger partial charge in [-0.15, -0.1) is 0 Å². The Balaban J connectivity index is 1.94. The number of hydrogen-bond donors (Lipinski definition) is 1. The van der Waals surface area contributed by atoms with Crippen LogP contribution in [0.4, 0.5) is 5.69 Å². The summed E-state index contributed by atoms with van der Waals surface area (Å²) in [5.41, 5.74) is 3.30. The number of amides is 1. The number of rotatable bonds is 6. The lowest BCUT2D eigenvalue weighted by molar-refractivity contribution is -0.132. The molecule has 0 saturated carbocycles. The molecular formula is C29H27NO6. The molecule has 1 atom stereocenters. The first-order valence-electron chi connectivity index (χ1n) is 11.6. The van der Waals surface area contributed by atoms with Gasteiger partial charge in [0.05, 0.1) is 18.2 Å². The zero-order valence-corrected chi connectivity index (χ0v) is 20.6. The predicted molar refractivity (Wildman–Crippen MR) is 136 cm³/mol. The van der Waals surface area contributed by atoms with E-state index >= 15 is 0 Å². The Hall–Kier alpha value is -4.39. The molecule has 1 N–H and O–H groups in total. The molecule has 3 aromatic carbocycles. The number of aryl methyl sites for hydroxylation is 2. The van der Waals surface area contributed by atoms with Crippen molar-refractivity contribution in [1.82, 2.24) is 0 Å². The Kier molecular flexibility index (Phi) is 6.92. The van der Waals surface area contributed by atoms with E-state index in [1.807, 2.05) is 32.9 Å². The number of ketones is 1. The Bertz CT molecular complexity index is 1390. The van der Waals surface area contributed by atoms with Crippen molar-refractivity contribution in [2.75, 3.05) is 11.5 Å². The molecule has 7 heteroatoms. The molecule has 3 aromatic rings. The van der Waals surface area contributed by atoms with E-state index in [4.69, 9.17) is 9.47 Å². The van der Waals surface area contributed by atoms with Crippen LogP contribution in [0.3, 0.4) is 0 Å². The monoisotopic (exact) mass is 485 g/mol. The summed E-state index contributed by atoms with van der Waals surface area (Å²) < 4.78 is 10.8. The van der Waals surface area contributed by atoms with E-state index in [9.17, 15) is 19.5 Å². The van der Waals surface area contributed by atoms with Crippen LogP contribution in [0.1, 0.15) is 42.1 Å². The van der Waals surface area contributed by atoms with E-state index in [0.29, 0.717) is 29.2 Å². The third kappa shape index (κ3) is 4.73. The number of ether oxygens (including phenoxy) is 2. The van der Waals surface area contributed by atoms with Gasteiger partial charge in [0, 0.05) is 18.2 Å². The molecule has 1 heterocycles. The number of nitrogens with zero attached hydrogens (tertiary/aromatic N) is 1. The number of carbonyl (C=O) groups excluding carboxylic acids is 3. The summed E-state index contributed by atoms with van der Waals surface area (Å²) in [6.07, 6.45) is 0. The first-order chi connectivity index (χ1) is 17.2. The van der Waals surface area contributed by atoms with Gasteiger partial charge in [-0.25, -0.2) is 0 Å². The van der Waals surface area contributed by atoms with Crippen LogP contribution in [-0.2, 0) is 14.4 Å². The number of esters is 1. The molecule has 7 nitrogen and oxygen atoms in total. The minimum atomic E-state index is -0.946. The Morgan fingerprint density at radius 2 is 1.67 bits per heavy atom. The van der Waals surface area contributed by atoms with Crippen LogP contribution in [0.2, 0.25) is 0 Å². The highest BCUT2D eigenvalue weighted by atomic mass is 16.5. The summed E-state index contributed by atoms with van der Waals surface area (Å²) in [4.78, 5) is 39.7. The number of aliphatic hydroxyl groups is 1. The first kappa shape index (κ1) is 24.7. The number of hydrogen-bond acceptors (Lipinski definition) is 6. The standard InChI is InChI=1S/C29H27NO6/c1-5-35-23-10-7-9-21(16-23)27(32)25-26(20-8-6-11-24(15-20)36-19(4)31)30(29(34)28(25)33)22-13-12-17(2)18(3)14-22/h6-16,26,32H,5H2,1-4H3/b27-25+. The molecule has 0 aromatic heterocycles. The van der Waals surface area contributed by atoms with Crippen molar-refractivity contribution in [2.45, 2.75) is 33.7 Å². The maximum Gasteiger partial charge on any atom is 0.308 e. The van der Waals surface area contributed by atoms with Crippen LogP contribution >= 0.6 is 0 Å². The number of carbonyl (C=O) groups is 3. The molecule has 1 amide bonds. The van der Waals surface area contributed by atoms with E-state index in [-0.39, 0.29) is 17.1 Å². The quantitative estimate of drug-likeness (QED) is 0.168. The topological polar surface area (TPSA) is 93.1 Å². The molecule has 1 unspecified atom stereocenters. The van der Waals surface area contributed by atoms with E-state index < -0.39 is 23.7 Å². The van der Waals surface area contributed by atoms with Crippen LogP contribution in [0.15, 0.2) is 72.3 Å². The fourth-order valence-electron chi connectivity index (χ4n) is 4.26. The second kappa shape index (κ2) is 10.1.